The van der Waals surface area contributed by atoms with Gasteiger partial charge in [0, 0.05) is 103 Å². The Kier molecular flexibility index (Phi) is 15.0. The van der Waals surface area contributed by atoms with Crippen molar-refractivity contribution in [2.45, 2.75) is 6.42 Å². The van der Waals surface area contributed by atoms with Gasteiger partial charge >= 0.3 is 0 Å². The predicted octanol–water partition coefficient (Wildman–Crippen LogP) is 4.53. The second kappa shape index (κ2) is 18.9. The van der Waals surface area contributed by atoms with Crippen LogP contribution in [0.1, 0.15) is 48.2 Å². The first-order chi connectivity index (χ1) is 24.0. The fourth-order valence-electron chi connectivity index (χ4n) is 5.30. The molecule has 0 aliphatic carbocycles. The normalized spacial score (nSPS) is 11.0. The third-order valence-corrected chi connectivity index (χ3v) is 8.23. The molecule has 4 aromatic rings. The minimum Gasteiger partial charge on any atom is -0.377 e. The number of amidine groups is 1. The van der Waals surface area contributed by atoms with Crippen molar-refractivity contribution in [1.82, 2.24) is 24.3 Å². The Morgan fingerprint density at radius 3 is 1.55 bits per heavy atom. The van der Waals surface area contributed by atoms with Crippen LogP contribution < -0.4 is 31.5 Å². The molecule has 14 nitrogen and oxygen atoms in total. The molecule has 17 heteroatoms. The topological polar surface area (TPSA) is 159 Å². The maximum atomic E-state index is 13.2. The standard InChI is InChI=1S/C34H42Cl2N10O4.ClH/c1-37-30(38-2)10-13-39-32(48)27-16-24(20-43(27)3)41-34(50)29-18-25(21-45(29)5)42-33(49)28-17-23(19-44(28)4)40-31(47)22-6-8-26(9-7-22)46(14-11-35)15-12-36;/h6-9,16-21H,10-15H2,1-5H3,(H,37,38)(H,39,48)(H,40,47)(H,41,50)(H,42,49);1H. The van der Waals surface area contributed by atoms with E-state index in [1.807, 2.05) is 17.0 Å². The molecule has 0 saturated heterocycles. The molecule has 3 heterocycles. The Hall–Kier alpha value is -4.92. The van der Waals surface area contributed by atoms with Crippen LogP contribution in [0.25, 0.3) is 0 Å². The lowest BCUT2D eigenvalue weighted by atomic mass is 10.1. The summed E-state index contributed by atoms with van der Waals surface area (Å²) < 4.78 is 4.81. The van der Waals surface area contributed by atoms with Crippen molar-refractivity contribution in [3.8, 4) is 0 Å². The predicted molar refractivity (Wildman–Crippen MR) is 207 cm³/mol. The van der Waals surface area contributed by atoms with Crippen LogP contribution in [0.15, 0.2) is 66.0 Å². The van der Waals surface area contributed by atoms with Crippen molar-refractivity contribution in [3.05, 3.63) is 83.7 Å². The summed E-state index contributed by atoms with van der Waals surface area (Å²) in [6.07, 6.45) is 5.46. The Balaban J connectivity index is 0.00000702. The Labute approximate surface area is 313 Å². The minimum atomic E-state index is -0.431. The molecule has 1 aromatic carbocycles. The van der Waals surface area contributed by atoms with Gasteiger partial charge in [0.15, 0.2) is 0 Å². The Morgan fingerprint density at radius 2 is 1.14 bits per heavy atom. The quantitative estimate of drug-likeness (QED) is 0.0681. The average Bonchev–Trinajstić information content (AvgIpc) is 3.77. The van der Waals surface area contributed by atoms with E-state index in [1.165, 1.54) is 0 Å². The number of nitrogens with one attached hydrogen (secondary N) is 5. The van der Waals surface area contributed by atoms with Gasteiger partial charge in [0.2, 0.25) is 0 Å². The van der Waals surface area contributed by atoms with E-state index in [-0.39, 0.29) is 29.9 Å². The third kappa shape index (κ3) is 10.5. The average molecular weight is 762 g/mol. The van der Waals surface area contributed by atoms with Crippen LogP contribution in [0.2, 0.25) is 0 Å². The number of aromatic nitrogens is 3. The number of carbonyl (C=O) groups excluding carboxylic acids is 4. The van der Waals surface area contributed by atoms with Gasteiger partial charge < -0.3 is 45.2 Å². The van der Waals surface area contributed by atoms with E-state index in [0.29, 0.717) is 71.8 Å². The number of nitrogens with zero attached hydrogens (tertiary/aromatic N) is 5. The molecule has 51 heavy (non-hydrogen) atoms. The summed E-state index contributed by atoms with van der Waals surface area (Å²) in [6.45, 7) is 1.67. The van der Waals surface area contributed by atoms with Crippen molar-refractivity contribution in [1.29, 1.82) is 0 Å². The van der Waals surface area contributed by atoms with Gasteiger partial charge in [-0.05, 0) is 42.5 Å². The first kappa shape index (κ1) is 40.5. The highest BCUT2D eigenvalue weighted by Gasteiger charge is 2.19. The van der Waals surface area contributed by atoms with E-state index in [4.69, 9.17) is 23.2 Å². The highest BCUT2D eigenvalue weighted by Crippen LogP contribution is 2.21. The lowest BCUT2D eigenvalue weighted by molar-refractivity contribution is 0.0944. The van der Waals surface area contributed by atoms with Crippen LogP contribution >= 0.6 is 35.6 Å². The van der Waals surface area contributed by atoms with Gasteiger partial charge in [-0.25, -0.2) is 0 Å². The molecule has 274 valence electrons. The van der Waals surface area contributed by atoms with E-state index < -0.39 is 11.8 Å². The number of hydrogen-bond donors (Lipinski definition) is 5. The number of hydrogen-bond acceptors (Lipinski definition) is 6. The van der Waals surface area contributed by atoms with Crippen LogP contribution in [0.4, 0.5) is 22.7 Å². The number of halogens is 3. The highest BCUT2D eigenvalue weighted by atomic mass is 35.5. The van der Waals surface area contributed by atoms with Gasteiger partial charge in [-0.1, -0.05) is 0 Å². The number of aryl methyl sites for hydroxylation is 3. The summed E-state index contributed by atoms with van der Waals surface area (Å²) >= 11 is 11.8. The second-order valence-electron chi connectivity index (χ2n) is 11.4. The van der Waals surface area contributed by atoms with Crippen LogP contribution in [-0.2, 0) is 21.1 Å². The minimum absolute atomic E-state index is 0. The van der Waals surface area contributed by atoms with Crippen LogP contribution in [0, 0.1) is 0 Å². The molecular weight excluding hydrogens is 719 g/mol. The zero-order chi connectivity index (χ0) is 36.4. The van der Waals surface area contributed by atoms with E-state index in [9.17, 15) is 19.2 Å². The fraction of sp³-hybridized carbons (Fsp3) is 0.324. The zero-order valence-corrected chi connectivity index (χ0v) is 31.4. The van der Waals surface area contributed by atoms with Gasteiger partial charge in [0.05, 0.1) is 22.9 Å². The zero-order valence-electron chi connectivity index (χ0n) is 29.0. The maximum Gasteiger partial charge on any atom is 0.272 e. The largest absolute Gasteiger partial charge is 0.377 e. The van der Waals surface area contributed by atoms with Crippen molar-refractivity contribution in [3.63, 3.8) is 0 Å². The van der Waals surface area contributed by atoms with E-state index in [2.05, 4.69) is 31.6 Å². The molecule has 3 aromatic heterocycles. The van der Waals surface area contributed by atoms with Gasteiger partial charge in [0.1, 0.15) is 17.1 Å². The molecule has 4 amide bonds. The number of aliphatic imine (C=N–C) groups is 1. The van der Waals surface area contributed by atoms with Crippen LogP contribution in [0.5, 0.6) is 0 Å². The number of benzene rings is 1. The highest BCUT2D eigenvalue weighted by molar-refractivity contribution is 6.18. The van der Waals surface area contributed by atoms with Crippen molar-refractivity contribution >= 4 is 87.8 Å². The summed E-state index contributed by atoms with van der Waals surface area (Å²) in [6, 6.07) is 11.8. The number of carbonyl (C=O) groups is 4. The molecule has 0 aliphatic heterocycles. The first-order valence-corrected chi connectivity index (χ1v) is 16.9. The lowest BCUT2D eigenvalue weighted by Crippen LogP contribution is -2.30. The summed E-state index contributed by atoms with van der Waals surface area (Å²) in [5.41, 5.74) is 3.60. The number of amides is 4. The van der Waals surface area contributed by atoms with Crippen LogP contribution in [0.3, 0.4) is 0 Å². The molecule has 0 spiro atoms. The van der Waals surface area contributed by atoms with E-state index >= 15 is 0 Å². The summed E-state index contributed by atoms with van der Waals surface area (Å²) in [5, 5.41) is 14.3. The number of rotatable bonds is 15. The third-order valence-electron chi connectivity index (χ3n) is 7.90. The fourth-order valence-corrected chi connectivity index (χ4v) is 5.71. The summed E-state index contributed by atoms with van der Waals surface area (Å²) in [7, 11) is 8.54. The smallest absolute Gasteiger partial charge is 0.272 e. The number of alkyl halides is 2. The SMILES string of the molecule is CN=C(CCNC(=O)c1cc(NC(=O)c2cc(NC(=O)c3cc(NC(=O)c4ccc(N(CCCl)CCCl)cc4)cn3C)cn2C)cn1C)NC.Cl. The molecule has 0 fully saturated rings. The van der Waals surface area contributed by atoms with E-state index in [1.54, 1.807) is 97.9 Å². The summed E-state index contributed by atoms with van der Waals surface area (Å²) in [4.78, 5) is 58.2. The number of anilines is 4. The van der Waals surface area contributed by atoms with Gasteiger partial charge in [-0.2, -0.15) is 0 Å². The Morgan fingerprint density at radius 1 is 0.706 bits per heavy atom. The Bertz CT molecular complexity index is 1860. The molecule has 5 N–H and O–H groups in total. The summed E-state index contributed by atoms with van der Waals surface area (Å²) in [5.74, 6) is 0.214. The maximum absolute atomic E-state index is 13.2. The molecule has 0 saturated carbocycles. The molecule has 0 unspecified atom stereocenters. The monoisotopic (exact) mass is 760 g/mol. The van der Waals surface area contributed by atoms with Gasteiger partial charge in [0.25, 0.3) is 23.6 Å². The van der Waals surface area contributed by atoms with Gasteiger partial charge in [-0.15, -0.1) is 35.6 Å². The lowest BCUT2D eigenvalue weighted by Gasteiger charge is -2.22. The second-order valence-corrected chi connectivity index (χ2v) is 12.1. The molecule has 0 atom stereocenters. The molecule has 0 aliphatic rings. The molecule has 0 bridgehead atoms. The van der Waals surface area contributed by atoms with Crippen LogP contribution in [-0.4, -0.2) is 88.7 Å². The van der Waals surface area contributed by atoms with Gasteiger partial charge in [-0.3, -0.25) is 24.2 Å². The first-order valence-electron chi connectivity index (χ1n) is 15.8. The van der Waals surface area contributed by atoms with Crippen molar-refractivity contribution in [2.75, 3.05) is 66.3 Å². The molecule has 4 rings (SSSR count). The van der Waals surface area contributed by atoms with Crippen molar-refractivity contribution in [2.24, 2.45) is 26.1 Å². The van der Waals surface area contributed by atoms with Crippen molar-refractivity contribution < 1.29 is 19.2 Å². The van der Waals surface area contributed by atoms with E-state index in [0.717, 1.165) is 11.5 Å². The molecule has 0 radical (unpaired) electrons. The molecular formula is C34H43Cl3N10O4.